The number of ether oxygens (including phenoxy) is 1. The second-order valence-corrected chi connectivity index (χ2v) is 5.46. The summed E-state index contributed by atoms with van der Waals surface area (Å²) >= 11 is 0. The van der Waals surface area contributed by atoms with Gasteiger partial charge in [0.2, 0.25) is 5.88 Å². The Morgan fingerprint density at radius 2 is 1.65 bits per heavy atom. The van der Waals surface area contributed by atoms with Gasteiger partial charge in [0.05, 0.1) is 5.69 Å². The summed E-state index contributed by atoms with van der Waals surface area (Å²) in [5.74, 6) is 1.42. The van der Waals surface area contributed by atoms with Crippen molar-refractivity contribution >= 4 is 0 Å². The van der Waals surface area contributed by atoms with Gasteiger partial charge in [0, 0.05) is 6.07 Å². The molecule has 3 heteroatoms. The summed E-state index contributed by atoms with van der Waals surface area (Å²) in [4.78, 5) is 0. The lowest BCUT2D eigenvalue weighted by Crippen LogP contribution is -2.00. The lowest BCUT2D eigenvalue weighted by Gasteiger charge is -2.15. The van der Waals surface area contributed by atoms with E-state index in [4.69, 9.17) is 4.74 Å². The van der Waals surface area contributed by atoms with Crippen LogP contribution < -0.4 is 4.74 Å². The fourth-order valence-electron chi connectivity index (χ4n) is 2.69. The monoisotopic (exact) mass is 268 g/mol. The van der Waals surface area contributed by atoms with Crippen LogP contribution in [0.15, 0.2) is 30.3 Å². The quantitative estimate of drug-likeness (QED) is 0.817. The molecule has 0 N–H and O–H groups in total. The molecule has 0 unspecified atom stereocenters. The fraction of sp³-hybridized carbons (Fsp3) is 0.412. The molecule has 3 nitrogen and oxygen atoms in total. The molecule has 0 atom stereocenters. The fourth-order valence-corrected chi connectivity index (χ4v) is 2.69. The third-order valence-electron chi connectivity index (χ3n) is 3.82. The number of aryl methyl sites for hydroxylation is 3. The van der Waals surface area contributed by atoms with E-state index in [0.29, 0.717) is 5.88 Å². The van der Waals surface area contributed by atoms with Gasteiger partial charge in [0.25, 0.3) is 0 Å². The maximum absolute atomic E-state index is 5.80. The second-order valence-electron chi connectivity index (χ2n) is 5.46. The molecule has 0 fully saturated rings. The number of benzene rings is 1. The molecule has 0 spiro atoms. The van der Waals surface area contributed by atoms with Crippen molar-refractivity contribution in [2.45, 2.75) is 45.4 Å². The van der Waals surface area contributed by atoms with Crippen LogP contribution in [0.25, 0.3) is 0 Å². The summed E-state index contributed by atoms with van der Waals surface area (Å²) < 4.78 is 5.80. The molecule has 1 aromatic heterocycles. The van der Waals surface area contributed by atoms with Gasteiger partial charge < -0.3 is 4.74 Å². The maximum atomic E-state index is 5.80. The Hall–Kier alpha value is -1.90. The van der Waals surface area contributed by atoms with E-state index >= 15 is 0 Å². The van der Waals surface area contributed by atoms with Gasteiger partial charge in [0.1, 0.15) is 5.75 Å². The average Bonchev–Trinajstić information content (AvgIpc) is 2.43. The molecular weight excluding hydrogens is 248 g/mol. The first-order valence-electron chi connectivity index (χ1n) is 7.41. The Labute approximate surface area is 120 Å². The zero-order valence-corrected chi connectivity index (χ0v) is 11.9. The number of hydrogen-bond acceptors (Lipinski definition) is 3. The molecule has 0 amide bonds. The van der Waals surface area contributed by atoms with E-state index < -0.39 is 0 Å². The molecule has 0 saturated carbocycles. The van der Waals surface area contributed by atoms with E-state index in [0.717, 1.165) is 17.9 Å². The zero-order chi connectivity index (χ0) is 13.8. The smallest absolute Gasteiger partial charge is 0.238 e. The molecule has 0 aliphatic heterocycles. The van der Waals surface area contributed by atoms with Crippen LogP contribution in [0, 0.1) is 6.92 Å². The second kappa shape index (κ2) is 6.04. The summed E-state index contributed by atoms with van der Waals surface area (Å²) in [6.07, 6.45) is 7.63. The van der Waals surface area contributed by atoms with Gasteiger partial charge in [0.15, 0.2) is 0 Å². The molecule has 1 heterocycles. The molecule has 3 rings (SSSR count). The molecular formula is C17H20N2O. The van der Waals surface area contributed by atoms with Crippen molar-refractivity contribution in [3.05, 3.63) is 47.2 Å². The number of fused-ring (bicyclic) bond motifs is 1. The normalized spacial score (nSPS) is 15.1. The maximum Gasteiger partial charge on any atom is 0.238 e. The summed E-state index contributed by atoms with van der Waals surface area (Å²) in [5, 5.41) is 8.06. The summed E-state index contributed by atoms with van der Waals surface area (Å²) in [6, 6.07) is 10.2. The number of nitrogens with zero attached hydrogens (tertiary/aromatic N) is 2. The van der Waals surface area contributed by atoms with Gasteiger partial charge in [-0.25, -0.2) is 0 Å². The van der Waals surface area contributed by atoms with Crippen LogP contribution in [-0.2, 0) is 12.8 Å². The third-order valence-corrected chi connectivity index (χ3v) is 3.82. The van der Waals surface area contributed by atoms with Crippen LogP contribution >= 0.6 is 0 Å². The molecule has 104 valence electrons. The Kier molecular flexibility index (Phi) is 3.95. The first-order valence-corrected chi connectivity index (χ1v) is 7.41. The third kappa shape index (κ3) is 3.16. The van der Waals surface area contributed by atoms with Crippen LogP contribution in [0.3, 0.4) is 0 Å². The van der Waals surface area contributed by atoms with Crippen molar-refractivity contribution in [3.63, 3.8) is 0 Å². The molecule has 1 aliphatic rings. The topological polar surface area (TPSA) is 35.0 Å². The first kappa shape index (κ1) is 13.1. The van der Waals surface area contributed by atoms with Crippen molar-refractivity contribution in [1.82, 2.24) is 10.2 Å². The lowest BCUT2D eigenvalue weighted by molar-refractivity contribution is 0.453. The molecule has 2 aromatic rings. The van der Waals surface area contributed by atoms with Gasteiger partial charge >= 0.3 is 0 Å². The van der Waals surface area contributed by atoms with Crippen LogP contribution in [0.4, 0.5) is 0 Å². The van der Waals surface area contributed by atoms with Crippen LogP contribution in [-0.4, -0.2) is 10.2 Å². The van der Waals surface area contributed by atoms with E-state index in [1.807, 2.05) is 25.1 Å². The van der Waals surface area contributed by atoms with Crippen LogP contribution in [0.2, 0.25) is 0 Å². The van der Waals surface area contributed by atoms with Gasteiger partial charge in [-0.05, 0) is 61.9 Å². The molecule has 1 aromatic carbocycles. The van der Waals surface area contributed by atoms with Gasteiger partial charge in [-0.15, -0.1) is 5.10 Å². The highest BCUT2D eigenvalue weighted by atomic mass is 16.5. The van der Waals surface area contributed by atoms with E-state index in [9.17, 15) is 0 Å². The van der Waals surface area contributed by atoms with Gasteiger partial charge in [-0.2, -0.15) is 5.10 Å². The van der Waals surface area contributed by atoms with Gasteiger partial charge in [-0.3, -0.25) is 0 Å². The predicted molar refractivity (Wildman–Crippen MR) is 79.2 cm³/mol. The van der Waals surface area contributed by atoms with Crippen molar-refractivity contribution in [2.75, 3.05) is 0 Å². The van der Waals surface area contributed by atoms with Crippen molar-refractivity contribution < 1.29 is 4.74 Å². The highest BCUT2D eigenvalue weighted by Crippen LogP contribution is 2.26. The Bertz CT molecular complexity index is 578. The standard InChI is InChI=1S/C17H20N2O/c1-13-8-11-17(19-18-13)20-16-10-9-14-6-4-2-3-5-7-15(14)12-16/h8-12H,2-7H2,1H3. The number of aromatic nitrogens is 2. The van der Waals surface area contributed by atoms with Crippen LogP contribution in [0.5, 0.6) is 11.6 Å². The van der Waals surface area contributed by atoms with Gasteiger partial charge in [-0.1, -0.05) is 18.9 Å². The summed E-state index contributed by atoms with van der Waals surface area (Å²) in [5.41, 5.74) is 3.81. The van der Waals surface area contributed by atoms with Crippen molar-refractivity contribution in [2.24, 2.45) is 0 Å². The minimum atomic E-state index is 0.557. The van der Waals surface area contributed by atoms with Crippen molar-refractivity contribution in [1.29, 1.82) is 0 Å². The number of rotatable bonds is 2. The van der Waals surface area contributed by atoms with Crippen LogP contribution in [0.1, 0.15) is 42.5 Å². The molecule has 20 heavy (non-hydrogen) atoms. The molecule has 0 bridgehead atoms. The molecule has 0 radical (unpaired) electrons. The SMILES string of the molecule is Cc1ccc(Oc2ccc3c(c2)CCCCCC3)nn1. The minimum absolute atomic E-state index is 0.557. The highest BCUT2D eigenvalue weighted by molar-refractivity contribution is 5.37. The lowest BCUT2D eigenvalue weighted by atomic mass is 9.93. The predicted octanol–water partition coefficient (Wildman–Crippen LogP) is 4.24. The Morgan fingerprint density at radius 3 is 2.40 bits per heavy atom. The average molecular weight is 268 g/mol. The number of hydrogen-bond donors (Lipinski definition) is 0. The Balaban J connectivity index is 1.80. The van der Waals surface area contributed by atoms with Crippen molar-refractivity contribution in [3.8, 4) is 11.6 Å². The summed E-state index contributed by atoms with van der Waals surface area (Å²) in [7, 11) is 0. The minimum Gasteiger partial charge on any atom is -0.438 e. The Morgan fingerprint density at radius 1 is 0.850 bits per heavy atom. The van der Waals surface area contributed by atoms with E-state index in [1.54, 1.807) is 0 Å². The van der Waals surface area contributed by atoms with E-state index in [-0.39, 0.29) is 0 Å². The first-order chi connectivity index (χ1) is 9.81. The summed E-state index contributed by atoms with van der Waals surface area (Å²) in [6.45, 7) is 1.92. The largest absolute Gasteiger partial charge is 0.438 e. The van der Waals surface area contributed by atoms with E-state index in [2.05, 4.69) is 22.3 Å². The zero-order valence-electron chi connectivity index (χ0n) is 11.9. The molecule has 0 saturated heterocycles. The highest BCUT2D eigenvalue weighted by Gasteiger charge is 2.09. The molecule has 1 aliphatic carbocycles. The van der Waals surface area contributed by atoms with E-state index in [1.165, 1.54) is 43.2 Å².